The Morgan fingerprint density at radius 2 is 0.898 bits per heavy atom. The molecule has 9 aromatic heterocycles. The van der Waals surface area contributed by atoms with Crippen LogP contribution in [0.4, 0.5) is 36.2 Å². The number of hydrogen-bond donors (Lipinski definition) is 4. The first-order valence-corrected chi connectivity index (χ1v) is 40.3. The van der Waals surface area contributed by atoms with Gasteiger partial charge >= 0.3 is 0 Å². The van der Waals surface area contributed by atoms with E-state index in [0.717, 1.165) is 57.5 Å². The van der Waals surface area contributed by atoms with Crippen LogP contribution in [0.2, 0.25) is 0 Å². The Morgan fingerprint density at radius 3 is 1.45 bits per heavy atom. The molecule has 644 valence electrons. The van der Waals surface area contributed by atoms with Gasteiger partial charge in [0.1, 0.15) is 65.8 Å². The molecule has 0 aliphatic carbocycles. The molecular weight excluding hydrogens is 1650 g/mol. The predicted octanol–water partition coefficient (Wildman–Crippen LogP) is 11.0. The topological polar surface area (TPSA) is 447 Å². The maximum absolute atomic E-state index is 14.0. The molecule has 0 unspecified atom stereocenters. The Labute approximate surface area is 724 Å². The van der Waals surface area contributed by atoms with Gasteiger partial charge in [0.25, 0.3) is 17.3 Å². The van der Waals surface area contributed by atoms with Gasteiger partial charge in [-0.15, -0.1) is 0 Å². The summed E-state index contributed by atoms with van der Waals surface area (Å²) in [5, 5.41) is 27.8. The number of Topliss-reactive ketones (excluding diaryl/α,β-unsaturated/α-hetero) is 1. The fourth-order valence-corrected chi connectivity index (χ4v) is 12.5. The zero-order chi connectivity index (χ0) is 88.9. The summed E-state index contributed by atoms with van der Waals surface area (Å²) in [7, 11) is 1.51. The quantitative estimate of drug-likeness (QED) is 0.0341. The molecule has 3 aliphatic rings. The van der Waals surface area contributed by atoms with Crippen molar-refractivity contribution in [1.29, 1.82) is 0 Å². The second kappa shape index (κ2) is 41.4. The third kappa shape index (κ3) is 23.0. The van der Waals surface area contributed by atoms with Crippen LogP contribution < -0.4 is 68.1 Å². The van der Waals surface area contributed by atoms with Crippen LogP contribution in [0.3, 0.4) is 0 Å². The Hall–Kier alpha value is -15.7. The van der Waals surface area contributed by atoms with Crippen LogP contribution in [0.1, 0.15) is 116 Å². The van der Waals surface area contributed by atoms with E-state index in [4.69, 9.17) is 31.2 Å². The van der Waals surface area contributed by atoms with E-state index in [9.17, 15) is 22.8 Å². The minimum absolute atomic E-state index is 0.0446. The molecule has 19 rings (SSSR count). The Kier molecular flexibility index (Phi) is 28.6. The van der Waals surface area contributed by atoms with E-state index in [-0.39, 0.29) is 63.9 Å². The van der Waals surface area contributed by atoms with Gasteiger partial charge in [-0.1, -0.05) is 165 Å². The summed E-state index contributed by atoms with van der Waals surface area (Å²) < 4.78 is 78.3. The molecule has 0 bridgehead atoms. The van der Waals surface area contributed by atoms with Crippen molar-refractivity contribution in [2.75, 3.05) is 51.0 Å². The van der Waals surface area contributed by atoms with Crippen LogP contribution in [0, 0.1) is 56.7 Å². The molecule has 0 amide bonds. The number of halogens is 3. The summed E-state index contributed by atoms with van der Waals surface area (Å²) in [6.07, 6.45) is 3.31. The van der Waals surface area contributed by atoms with Gasteiger partial charge in [0.05, 0.1) is 43.8 Å². The number of methoxy groups -OCH3 is 1. The number of aromatic amines is 2. The van der Waals surface area contributed by atoms with Crippen molar-refractivity contribution in [3.05, 3.63) is 307 Å². The third-order valence-corrected chi connectivity index (χ3v) is 19.2. The number of rotatable bonds is 23. The summed E-state index contributed by atoms with van der Waals surface area (Å²) in [6, 6.07) is 48.4. The number of hydrogen-bond acceptors (Lipinski definition) is 34. The van der Waals surface area contributed by atoms with Crippen LogP contribution in [0.25, 0.3) is 33.9 Å². The fourth-order valence-electron chi connectivity index (χ4n) is 12.3. The second-order valence-corrected chi connectivity index (χ2v) is 29.0. The number of H-pyrrole nitrogens is 2. The lowest BCUT2D eigenvalue weighted by molar-refractivity contribution is 0.0990. The van der Waals surface area contributed by atoms with E-state index >= 15 is 0 Å². The summed E-state index contributed by atoms with van der Waals surface area (Å²) in [4.78, 5) is 97.7. The average molecular weight is 1740 g/mol. The minimum atomic E-state index is -0.360. The van der Waals surface area contributed by atoms with E-state index < -0.39 is 0 Å². The average Bonchev–Trinajstić information content (AvgIpc) is 1.72. The molecule has 127 heavy (non-hydrogen) atoms. The third-order valence-electron chi connectivity index (χ3n) is 18.9. The maximum atomic E-state index is 14.0. The van der Waals surface area contributed by atoms with Crippen molar-refractivity contribution in [3.63, 3.8) is 0 Å². The van der Waals surface area contributed by atoms with Crippen LogP contribution in [-0.2, 0) is 38.7 Å². The number of anilines is 4. The van der Waals surface area contributed by atoms with Crippen molar-refractivity contribution < 1.29 is 50.8 Å². The summed E-state index contributed by atoms with van der Waals surface area (Å²) in [5.41, 5.74) is 17.8. The molecule has 12 heterocycles. The van der Waals surface area contributed by atoms with Gasteiger partial charge in [-0.2, -0.15) is 19.9 Å². The number of nitrogens with zero attached hydrogens (tertiary/aromatic N) is 22. The second-order valence-electron chi connectivity index (χ2n) is 28.6. The molecule has 0 radical (unpaired) electrons. The number of nitrogens with one attached hydrogen (secondary N) is 4. The van der Waals surface area contributed by atoms with Crippen LogP contribution >= 0.6 is 12.2 Å². The van der Waals surface area contributed by atoms with Gasteiger partial charge in [-0.25, -0.2) is 86.9 Å². The van der Waals surface area contributed by atoms with Crippen molar-refractivity contribution in [2.45, 2.75) is 101 Å². The minimum Gasteiger partial charge on any atom is -0.480 e. The number of carbonyl (C=O) groups excluding carboxylic acids is 1. The summed E-state index contributed by atoms with van der Waals surface area (Å²) in [5.74, 6) is 0.841. The van der Waals surface area contributed by atoms with Gasteiger partial charge in [-0.3, -0.25) is 14.6 Å². The number of carbonyl (C=O) groups is 1. The van der Waals surface area contributed by atoms with Crippen LogP contribution in [0.15, 0.2) is 206 Å². The monoisotopic (exact) mass is 1730 g/mol. The number of ketones is 1. The normalized spacial score (nSPS) is 11.7. The molecule has 0 atom stereocenters. The zero-order valence-electron chi connectivity index (χ0n) is 70.1. The number of fused-ring (bicyclic) bond motifs is 6. The number of benzene rings is 7. The Morgan fingerprint density at radius 1 is 0.433 bits per heavy atom. The van der Waals surface area contributed by atoms with Crippen LogP contribution in [-0.4, -0.2) is 137 Å². The van der Waals surface area contributed by atoms with Gasteiger partial charge in [0.15, 0.2) is 50.3 Å². The maximum Gasteiger partial charge on any atom is 0.271 e. The van der Waals surface area contributed by atoms with Crippen LogP contribution in [0.5, 0.6) is 23.5 Å². The van der Waals surface area contributed by atoms with Gasteiger partial charge in [-0.05, 0) is 160 Å². The van der Waals surface area contributed by atoms with E-state index in [2.05, 4.69) is 195 Å². The molecule has 39 heteroatoms. The standard InChI is InChI=1S/C20H16N4O3.C15H16FN5O.C14H14FN5O.C14H13FN4O.C13H12N4O2.C12H10N4OS/c1-13-7-9-15(10-8-13)17(25)11-16-20(22-19-18(21-16)23-27-24-19)26-12-14-5-3-2-4-6-14;1-3-6-22-15-14(20-12-13(21-15)18-8-17-12)19-11-5-4-9(2)7-10(11)16;1-3-21-14-13(19-11-12(20-14)17-7-16-11)18-10-5-4-8(2)6-9(10)15;1-8-3-4-9(10(15)5-8)6-11-14(20-2)19-13-12(18-11)16-7-17-13;1-2-8-3-5-9(6-4-8)7-10-13(18)15-12-11(14-10)16-19-17-12;1-7-2-4-8(5-3-7)6-9-12(18)14-11-10(13-9)15-17-16-11/h2-10H,11-12H2,1H3;4-5,7H,3,6,8H2,1-2H3,(H,17,19,20);4-6H,3,7H2,1-2H3,(H,16,18,19);3-5H,6-7H2,1-2H3;3-6H,2,7H2,1H3,(H,15,17,18);2-5H,6H2,1H3,(H,14,16,18). The largest absolute Gasteiger partial charge is 0.480 e. The first kappa shape index (κ1) is 87.6. The Balaban J connectivity index is 0.000000124. The van der Waals surface area contributed by atoms with Crippen molar-refractivity contribution in [1.82, 2.24) is 90.7 Å². The van der Waals surface area contributed by atoms with Crippen molar-refractivity contribution in [3.8, 4) is 23.5 Å². The smallest absolute Gasteiger partial charge is 0.271 e. The van der Waals surface area contributed by atoms with Gasteiger partial charge < -0.3 is 34.6 Å². The van der Waals surface area contributed by atoms with E-state index in [1.54, 1.807) is 30.3 Å². The molecular formula is C88H81F3N26O9S. The molecule has 3 aliphatic heterocycles. The van der Waals surface area contributed by atoms with E-state index in [1.807, 2.05) is 114 Å². The Bertz CT molecular complexity index is 7200. The lowest BCUT2D eigenvalue weighted by Gasteiger charge is -2.11. The SMILES string of the molecule is CCCOc1nc2c(nc1Nc1ccc(C)cc1F)=NCN=2.CCOc1nc2c(nc1Nc1ccc(C)cc1F)=NCN=2.CCc1ccc(Cc2nc3nonc3[nH]c2=O)cc1.COc1nc2c(nc1Cc1ccc(C)cc1F)=NCN=2.Cc1ccc(C(=O)Cc2nc3nonc3nc2OCc2ccccc2)cc1.Cc1ccc(Cc2nc3nonc3[nH]c2=S)cc1. The highest BCUT2D eigenvalue weighted by Crippen LogP contribution is 2.28. The molecule has 0 saturated heterocycles. The number of aryl methyl sites for hydroxylation is 6. The molecule has 35 nitrogen and oxygen atoms in total. The molecule has 7 aromatic carbocycles. The van der Waals surface area contributed by atoms with Crippen molar-refractivity contribution >= 4 is 74.9 Å². The molecule has 0 fully saturated rings. The molecule has 0 spiro atoms. The number of aromatic nitrogens is 18. The predicted molar refractivity (Wildman–Crippen MR) is 459 cm³/mol. The van der Waals surface area contributed by atoms with Gasteiger partial charge in [0.2, 0.25) is 45.6 Å². The molecule has 16 aromatic rings. The van der Waals surface area contributed by atoms with Gasteiger partial charge in [0, 0.05) is 24.8 Å². The fraction of sp³-hybridized carbons (Fsp3) is 0.239. The first-order chi connectivity index (χ1) is 61.7. The highest BCUT2D eigenvalue weighted by Gasteiger charge is 2.22. The molecule has 0 saturated carbocycles. The summed E-state index contributed by atoms with van der Waals surface area (Å²) in [6.45, 7) is 17.7. The first-order valence-electron chi connectivity index (χ1n) is 39.9. The number of ether oxygens (including phenoxy) is 4. The highest BCUT2D eigenvalue weighted by atomic mass is 32.1. The van der Waals surface area contributed by atoms with E-state index in [0.29, 0.717) is 177 Å². The van der Waals surface area contributed by atoms with E-state index in [1.165, 1.54) is 36.4 Å². The van der Waals surface area contributed by atoms with Crippen molar-refractivity contribution in [2.24, 2.45) is 30.0 Å². The lowest BCUT2D eigenvalue weighted by atomic mass is 10.1. The molecule has 4 N–H and O–H groups in total. The zero-order valence-corrected chi connectivity index (χ0v) is 70.9. The highest BCUT2D eigenvalue weighted by molar-refractivity contribution is 7.71. The lowest BCUT2D eigenvalue weighted by Crippen LogP contribution is -2.31. The summed E-state index contributed by atoms with van der Waals surface area (Å²) >= 11 is 5.24.